The molecule has 3 aliphatic rings. The highest BCUT2D eigenvalue weighted by Crippen LogP contribution is 2.48. The van der Waals surface area contributed by atoms with E-state index in [4.69, 9.17) is 23.8 Å². The van der Waals surface area contributed by atoms with E-state index in [0.29, 0.717) is 49.5 Å². The van der Waals surface area contributed by atoms with E-state index in [9.17, 15) is 24.0 Å². The van der Waals surface area contributed by atoms with Gasteiger partial charge in [-0.1, -0.05) is 34.3 Å². The van der Waals surface area contributed by atoms with Crippen molar-refractivity contribution in [2.24, 2.45) is 17.3 Å². The quantitative estimate of drug-likeness (QED) is 0.111. The fraction of sp³-hybridized carbons (Fsp3) is 0.542. The Morgan fingerprint density at radius 2 is 1.92 bits per heavy atom. The first kappa shape index (κ1) is 49.0. The van der Waals surface area contributed by atoms with Gasteiger partial charge in [0.2, 0.25) is 11.8 Å². The zero-order valence-electron chi connectivity index (χ0n) is 39.2. The Morgan fingerprint density at radius 1 is 1.17 bits per heavy atom. The number of esters is 1. The lowest BCUT2D eigenvalue weighted by atomic mass is 9.84. The molecule has 6 atom stereocenters. The van der Waals surface area contributed by atoms with Gasteiger partial charge < -0.3 is 24.3 Å². The largest absolute Gasteiger partial charge is 0.464 e. The first-order valence-electron chi connectivity index (χ1n) is 22.7. The van der Waals surface area contributed by atoms with E-state index in [1.807, 2.05) is 32.9 Å². The van der Waals surface area contributed by atoms with E-state index < -0.39 is 45.5 Å². The van der Waals surface area contributed by atoms with Crippen molar-refractivity contribution in [2.75, 3.05) is 27.3 Å². The number of aromatic nitrogens is 4. The van der Waals surface area contributed by atoms with E-state index in [0.717, 1.165) is 39.0 Å². The smallest absolute Gasteiger partial charge is 0.323 e. The fourth-order valence-electron chi connectivity index (χ4n) is 9.82. The number of hydrazine groups is 1. The van der Waals surface area contributed by atoms with Crippen LogP contribution in [0.5, 0.6) is 0 Å². The summed E-state index contributed by atoms with van der Waals surface area (Å²) < 4.78 is 19.0. The van der Waals surface area contributed by atoms with Crippen LogP contribution < -0.4 is 10.7 Å². The molecule has 348 valence electrons. The number of ketones is 1. The second-order valence-corrected chi connectivity index (χ2v) is 21.7. The summed E-state index contributed by atoms with van der Waals surface area (Å²) in [7, 11) is 10.7. The molecule has 1 unspecified atom stereocenters. The van der Waals surface area contributed by atoms with Crippen LogP contribution in [0.25, 0.3) is 32.7 Å². The number of methoxy groups -OCH3 is 1. The van der Waals surface area contributed by atoms with Crippen molar-refractivity contribution in [3.05, 3.63) is 66.3 Å². The molecule has 1 saturated carbocycles. The van der Waals surface area contributed by atoms with Gasteiger partial charge in [0.15, 0.2) is 5.78 Å². The SMILES string of the molecule is C=CC(=O)C1CC[C@@]([Si])(C(=O)N(C)[C@H](C(=O)N[C@H]2Cc3nsc(n3)-c3ccc4c(c3)c(c(-c3cccnc3[C@H](C)OC)n4CC)CC(C)(C)COC(=O)[C@@]3([Si])CCCN(N3)C2=O)C(C)C)C1. The predicted octanol–water partition coefficient (Wildman–Crippen LogP) is 5.46. The van der Waals surface area contributed by atoms with Gasteiger partial charge in [0.25, 0.3) is 5.91 Å². The van der Waals surface area contributed by atoms with E-state index in [-0.39, 0.29) is 55.6 Å². The van der Waals surface area contributed by atoms with Gasteiger partial charge in [-0.25, -0.2) is 10.4 Å². The highest BCUT2D eigenvalue weighted by Gasteiger charge is 2.48. The lowest BCUT2D eigenvalue weighted by molar-refractivity contribution is -0.158. The molecule has 3 aromatic heterocycles. The van der Waals surface area contributed by atoms with Crippen LogP contribution in [-0.2, 0) is 52.8 Å². The Kier molecular flexibility index (Phi) is 14.4. The topological polar surface area (TPSA) is 178 Å². The second kappa shape index (κ2) is 19.4. The van der Waals surface area contributed by atoms with Crippen LogP contribution in [0.4, 0.5) is 0 Å². The maximum atomic E-state index is 14.7. The van der Waals surface area contributed by atoms with Gasteiger partial charge in [0.05, 0.1) is 34.3 Å². The summed E-state index contributed by atoms with van der Waals surface area (Å²) in [5.41, 5.74) is 8.22. The van der Waals surface area contributed by atoms with Crippen molar-refractivity contribution >= 4 is 72.4 Å². The number of benzene rings is 1. The lowest BCUT2D eigenvalue weighted by Gasteiger charge is -2.41. The zero-order valence-corrected chi connectivity index (χ0v) is 42.0. The molecule has 2 N–H and O–H groups in total. The van der Waals surface area contributed by atoms with Gasteiger partial charge in [-0.2, -0.15) is 4.37 Å². The number of nitrogens with zero attached hydrogens (tertiary/aromatic N) is 6. The van der Waals surface area contributed by atoms with Gasteiger partial charge >= 0.3 is 5.97 Å². The maximum Gasteiger partial charge on any atom is 0.323 e. The predicted molar refractivity (Wildman–Crippen MR) is 254 cm³/mol. The number of aryl methyl sites for hydroxylation is 1. The van der Waals surface area contributed by atoms with Crippen LogP contribution in [-0.4, -0.2) is 123 Å². The molecule has 18 heteroatoms. The van der Waals surface area contributed by atoms with Crippen LogP contribution in [0.1, 0.15) is 96.8 Å². The van der Waals surface area contributed by atoms with Gasteiger partial charge in [-0.3, -0.25) is 34.0 Å². The van der Waals surface area contributed by atoms with Gasteiger partial charge in [-0.05, 0) is 112 Å². The zero-order chi connectivity index (χ0) is 47.9. The number of cyclic esters (lactones) is 1. The number of ether oxygens (including phenoxy) is 2. The molecule has 1 saturated heterocycles. The Balaban J connectivity index is 1.29. The van der Waals surface area contributed by atoms with E-state index in [1.54, 1.807) is 20.4 Å². The maximum absolute atomic E-state index is 14.7. The fourth-order valence-corrected chi connectivity index (χ4v) is 11.5. The first-order valence-corrected chi connectivity index (χ1v) is 24.5. The van der Waals surface area contributed by atoms with Gasteiger partial charge in [0.1, 0.15) is 28.1 Å². The molecule has 66 heavy (non-hydrogen) atoms. The van der Waals surface area contributed by atoms with E-state index >= 15 is 0 Å². The van der Waals surface area contributed by atoms with Crippen molar-refractivity contribution < 1.29 is 33.4 Å². The van der Waals surface area contributed by atoms with Crippen LogP contribution in [0.2, 0.25) is 5.04 Å². The number of likely N-dealkylation sites (N-methyl/N-ethyl adjacent to an activating group) is 1. The number of hydrogen-bond donors (Lipinski definition) is 2. The molecular formula is C48H60N8O7SSi2. The minimum atomic E-state index is -1.45. The average Bonchev–Trinajstić information content (AvgIpc) is 4.02. The molecule has 4 aromatic rings. The molecule has 3 amide bonds. The average molecular weight is 949 g/mol. The van der Waals surface area contributed by atoms with Crippen molar-refractivity contribution in [3.8, 4) is 21.8 Å². The third kappa shape index (κ3) is 9.61. The monoisotopic (exact) mass is 948 g/mol. The number of fused-ring (bicyclic) bond motifs is 6. The van der Waals surface area contributed by atoms with Crippen LogP contribution in [0, 0.1) is 17.3 Å². The van der Waals surface area contributed by atoms with Crippen LogP contribution in [0.15, 0.2) is 49.2 Å². The van der Waals surface area contributed by atoms with Gasteiger partial charge in [0, 0.05) is 88.5 Å². The normalized spacial score (nSPS) is 24.4. The number of amides is 3. The second-order valence-electron chi connectivity index (χ2n) is 19.2. The Labute approximate surface area is 397 Å². The number of allylic oxidation sites excluding steroid dienone is 1. The van der Waals surface area contributed by atoms with Crippen molar-refractivity contribution in [1.82, 2.24) is 39.6 Å². The minimum absolute atomic E-state index is 0.0715. The number of rotatable bonds is 11. The van der Waals surface area contributed by atoms with E-state index in [1.165, 1.54) is 27.5 Å². The summed E-state index contributed by atoms with van der Waals surface area (Å²) in [5, 5.41) is 3.48. The molecule has 7 rings (SSSR count). The summed E-state index contributed by atoms with van der Waals surface area (Å²) >= 11 is 1.20. The number of nitrogens with one attached hydrogen (secondary N) is 2. The molecule has 0 spiro atoms. The van der Waals surface area contributed by atoms with E-state index in [2.05, 4.69) is 81.3 Å². The molecule has 6 bridgehead atoms. The highest BCUT2D eigenvalue weighted by molar-refractivity contribution is 7.09. The minimum Gasteiger partial charge on any atom is -0.464 e. The summed E-state index contributed by atoms with van der Waals surface area (Å²) in [5.74, 6) is -2.46. The summed E-state index contributed by atoms with van der Waals surface area (Å²) in [6, 6.07) is 8.07. The van der Waals surface area contributed by atoms with Crippen LogP contribution >= 0.6 is 11.5 Å². The Morgan fingerprint density at radius 3 is 2.62 bits per heavy atom. The first-order chi connectivity index (χ1) is 31.2. The molecule has 2 aliphatic heterocycles. The van der Waals surface area contributed by atoms with Gasteiger partial charge in [-0.15, -0.1) is 0 Å². The standard InChI is InChI=1S/C48H60N8O7SSi2/c1-10-36(57)30-17-19-47(65,24-30)44(60)54(8)39(27(3)4)41(58)50-34-23-37-51-42(64-52-37)29-15-16-35-32(22-29)33(40(55(35)11-2)31-14-12-20-49-38(31)28(5)62-9)25-46(6,7)26-63-45(61)48(66)18-13-21-56(53-48)43(34)59/h10,12,14-16,20,22,27-28,30,34,39,53H,1,11,13,17-19,21,23-26H2,2-9H3,(H,50,58)/t28-,30?,34-,39-,47-,48-/m0/s1. The summed E-state index contributed by atoms with van der Waals surface area (Å²) in [6.07, 6.45) is 5.22. The molecule has 5 heterocycles. The molecule has 1 aliphatic carbocycles. The summed E-state index contributed by atoms with van der Waals surface area (Å²) in [4.78, 5) is 81.3. The molecule has 1 aromatic carbocycles. The molecule has 6 radical (unpaired) electrons. The number of pyridine rings is 1. The Bertz CT molecular complexity index is 2540. The molecular weight excluding hydrogens is 889 g/mol. The number of hydrogen-bond acceptors (Lipinski definition) is 12. The van der Waals surface area contributed by atoms with Crippen molar-refractivity contribution in [1.29, 1.82) is 0 Å². The van der Waals surface area contributed by atoms with Crippen molar-refractivity contribution in [2.45, 2.75) is 121 Å². The lowest BCUT2D eigenvalue weighted by Crippen LogP contribution is -2.67. The molecule has 15 nitrogen and oxygen atoms in total. The third-order valence-corrected chi connectivity index (χ3v) is 15.4. The van der Waals surface area contributed by atoms with Crippen LogP contribution in [0.3, 0.4) is 0 Å². The highest BCUT2D eigenvalue weighted by atomic mass is 32.1. The van der Waals surface area contributed by atoms with Crippen molar-refractivity contribution in [3.63, 3.8) is 0 Å². The number of carbonyl (C=O) groups is 5. The number of carbonyl (C=O) groups excluding carboxylic acids is 5. The summed E-state index contributed by atoms with van der Waals surface area (Å²) in [6.45, 7) is 16.5. The molecule has 2 fully saturated rings. The third-order valence-electron chi connectivity index (χ3n) is 13.3. The Hall–Kier alpha value is -4.89.